The highest BCUT2D eigenvalue weighted by Crippen LogP contribution is 2.26. The average Bonchev–Trinajstić information content (AvgIpc) is 2.17. The standard InChI is InChI=1S/C9H7BrF2O/c1-13-7-4-2-6(3-5-7)8(11)9(10)12/h2-5H,1H3/b9-8-. The summed E-state index contributed by atoms with van der Waals surface area (Å²) in [5.41, 5.74) is 0.176. The van der Waals surface area contributed by atoms with Gasteiger partial charge in [-0.25, -0.2) is 4.39 Å². The Morgan fingerprint density at radius 1 is 1.23 bits per heavy atom. The van der Waals surface area contributed by atoms with Crippen molar-refractivity contribution in [3.63, 3.8) is 0 Å². The van der Waals surface area contributed by atoms with Crippen LogP contribution in [0.2, 0.25) is 0 Å². The molecule has 1 aromatic rings. The first kappa shape index (κ1) is 10.2. The van der Waals surface area contributed by atoms with Gasteiger partial charge in [0.2, 0.25) is 4.74 Å². The first-order valence-electron chi connectivity index (χ1n) is 3.50. The van der Waals surface area contributed by atoms with Crippen molar-refractivity contribution in [1.29, 1.82) is 0 Å². The van der Waals surface area contributed by atoms with Crippen LogP contribution < -0.4 is 4.74 Å². The topological polar surface area (TPSA) is 9.23 Å². The molecule has 1 rings (SSSR count). The molecule has 0 aliphatic rings. The van der Waals surface area contributed by atoms with Crippen molar-refractivity contribution >= 4 is 21.8 Å². The molecule has 0 unspecified atom stereocenters. The molecule has 13 heavy (non-hydrogen) atoms. The summed E-state index contributed by atoms with van der Waals surface area (Å²) in [6.07, 6.45) is 0. The van der Waals surface area contributed by atoms with Gasteiger partial charge in [0.15, 0.2) is 5.83 Å². The van der Waals surface area contributed by atoms with Crippen LogP contribution in [0.3, 0.4) is 0 Å². The number of hydrogen-bond acceptors (Lipinski definition) is 1. The molecule has 0 aromatic heterocycles. The van der Waals surface area contributed by atoms with E-state index in [9.17, 15) is 8.78 Å². The normalized spacial score (nSPS) is 12.3. The summed E-state index contributed by atoms with van der Waals surface area (Å²) in [4.78, 5) is 0. The third-order valence-corrected chi connectivity index (χ3v) is 1.86. The number of rotatable bonds is 2. The first-order chi connectivity index (χ1) is 6.15. The molecule has 0 saturated heterocycles. The molecule has 0 radical (unpaired) electrons. The molecule has 0 aliphatic heterocycles. The Bertz CT molecular complexity index is 315. The molecule has 1 nitrogen and oxygen atoms in total. The van der Waals surface area contributed by atoms with Gasteiger partial charge in [-0.05, 0) is 40.2 Å². The van der Waals surface area contributed by atoms with E-state index in [1.807, 2.05) is 0 Å². The number of ether oxygens (including phenoxy) is 1. The molecule has 0 fully saturated rings. The summed E-state index contributed by atoms with van der Waals surface area (Å²) in [5, 5.41) is 0. The number of halogens is 3. The van der Waals surface area contributed by atoms with Gasteiger partial charge in [0.05, 0.1) is 7.11 Å². The predicted molar refractivity (Wildman–Crippen MR) is 51.1 cm³/mol. The second-order valence-electron chi connectivity index (χ2n) is 2.30. The molecule has 0 N–H and O–H groups in total. The van der Waals surface area contributed by atoms with Crippen molar-refractivity contribution < 1.29 is 13.5 Å². The molecule has 70 valence electrons. The van der Waals surface area contributed by atoms with E-state index in [0.717, 1.165) is 0 Å². The van der Waals surface area contributed by atoms with Gasteiger partial charge in [-0.2, -0.15) is 4.39 Å². The smallest absolute Gasteiger partial charge is 0.201 e. The summed E-state index contributed by atoms with van der Waals surface area (Å²) >= 11 is 2.42. The molecule has 0 saturated carbocycles. The van der Waals surface area contributed by atoms with Gasteiger partial charge < -0.3 is 4.74 Å². The van der Waals surface area contributed by atoms with Crippen molar-refractivity contribution in [2.75, 3.05) is 7.11 Å². The maximum absolute atomic E-state index is 12.9. The van der Waals surface area contributed by atoms with Gasteiger partial charge in [0, 0.05) is 5.56 Å². The zero-order valence-electron chi connectivity index (χ0n) is 6.85. The zero-order chi connectivity index (χ0) is 9.84. The highest BCUT2D eigenvalue weighted by atomic mass is 79.9. The molecule has 1 aromatic carbocycles. The summed E-state index contributed by atoms with van der Waals surface area (Å²) in [5.74, 6) is -0.311. The highest BCUT2D eigenvalue weighted by Gasteiger charge is 2.05. The second-order valence-corrected chi connectivity index (χ2v) is 3.00. The number of methoxy groups -OCH3 is 1. The Hall–Kier alpha value is -0.900. The van der Waals surface area contributed by atoms with Crippen LogP contribution in [0.5, 0.6) is 5.75 Å². The average molecular weight is 249 g/mol. The largest absolute Gasteiger partial charge is 0.497 e. The fourth-order valence-electron chi connectivity index (χ4n) is 0.846. The quantitative estimate of drug-likeness (QED) is 0.777. The Morgan fingerprint density at radius 2 is 1.77 bits per heavy atom. The molecule has 0 heterocycles. The molecule has 0 bridgehead atoms. The van der Waals surface area contributed by atoms with E-state index in [-0.39, 0.29) is 5.56 Å². The SMILES string of the molecule is COc1ccc(/C(F)=C(/F)Br)cc1. The van der Waals surface area contributed by atoms with Crippen molar-refractivity contribution in [1.82, 2.24) is 0 Å². The van der Waals surface area contributed by atoms with Crippen LogP contribution in [0, 0.1) is 0 Å². The van der Waals surface area contributed by atoms with Gasteiger partial charge in [0.1, 0.15) is 5.75 Å². The van der Waals surface area contributed by atoms with Crippen LogP contribution in [-0.2, 0) is 0 Å². The van der Waals surface area contributed by atoms with Crippen LogP contribution in [-0.4, -0.2) is 7.11 Å². The van der Waals surface area contributed by atoms with E-state index < -0.39 is 10.6 Å². The lowest BCUT2D eigenvalue weighted by molar-refractivity contribution is 0.414. The fourth-order valence-corrected chi connectivity index (χ4v) is 1.08. The lowest BCUT2D eigenvalue weighted by atomic mass is 10.2. The molecule has 0 spiro atoms. The Labute approximate surface area is 83.1 Å². The minimum absolute atomic E-state index is 0.176. The molecule has 0 amide bonds. The fraction of sp³-hybridized carbons (Fsp3) is 0.111. The molecule has 0 aliphatic carbocycles. The molecule has 4 heteroatoms. The van der Waals surface area contributed by atoms with E-state index in [1.54, 1.807) is 12.1 Å². The Balaban J connectivity index is 2.99. The molecular formula is C9H7BrF2O. The zero-order valence-corrected chi connectivity index (χ0v) is 8.44. The van der Waals surface area contributed by atoms with Gasteiger partial charge in [0.25, 0.3) is 0 Å². The lowest BCUT2D eigenvalue weighted by Gasteiger charge is -2.00. The second kappa shape index (κ2) is 4.37. The predicted octanol–water partition coefficient (Wildman–Crippen LogP) is 3.66. The number of benzene rings is 1. The van der Waals surface area contributed by atoms with E-state index in [0.29, 0.717) is 5.75 Å². The van der Waals surface area contributed by atoms with Crippen LogP contribution in [0.25, 0.3) is 5.83 Å². The maximum Gasteiger partial charge on any atom is 0.201 e. The Morgan fingerprint density at radius 3 is 2.15 bits per heavy atom. The minimum Gasteiger partial charge on any atom is -0.497 e. The van der Waals surface area contributed by atoms with Gasteiger partial charge in [-0.3, -0.25) is 0 Å². The first-order valence-corrected chi connectivity index (χ1v) is 4.29. The van der Waals surface area contributed by atoms with Crippen LogP contribution in [0.15, 0.2) is 29.0 Å². The van der Waals surface area contributed by atoms with Gasteiger partial charge in [-0.15, -0.1) is 0 Å². The van der Waals surface area contributed by atoms with Gasteiger partial charge in [-0.1, -0.05) is 0 Å². The lowest BCUT2D eigenvalue weighted by Crippen LogP contribution is -1.83. The van der Waals surface area contributed by atoms with Crippen molar-refractivity contribution in [2.24, 2.45) is 0 Å². The highest BCUT2D eigenvalue weighted by molar-refractivity contribution is 9.11. The van der Waals surface area contributed by atoms with Crippen molar-refractivity contribution in [2.45, 2.75) is 0 Å². The Kier molecular flexibility index (Phi) is 3.42. The third kappa shape index (κ3) is 2.52. The van der Waals surface area contributed by atoms with E-state index >= 15 is 0 Å². The van der Waals surface area contributed by atoms with Crippen molar-refractivity contribution in [3.8, 4) is 5.75 Å². The summed E-state index contributed by atoms with van der Waals surface area (Å²) in [7, 11) is 1.51. The summed E-state index contributed by atoms with van der Waals surface area (Å²) < 4.78 is 29.1. The summed E-state index contributed by atoms with van der Waals surface area (Å²) in [6, 6.07) is 6.00. The monoisotopic (exact) mass is 248 g/mol. The van der Waals surface area contributed by atoms with Gasteiger partial charge >= 0.3 is 0 Å². The van der Waals surface area contributed by atoms with Crippen molar-refractivity contribution in [3.05, 3.63) is 34.6 Å². The molecular weight excluding hydrogens is 242 g/mol. The summed E-state index contributed by atoms with van der Waals surface area (Å²) in [6.45, 7) is 0. The number of hydrogen-bond donors (Lipinski definition) is 0. The van der Waals surface area contributed by atoms with E-state index in [2.05, 4.69) is 15.9 Å². The van der Waals surface area contributed by atoms with Crippen LogP contribution in [0.1, 0.15) is 5.56 Å². The minimum atomic E-state index is -1.00. The van der Waals surface area contributed by atoms with Crippen LogP contribution in [0.4, 0.5) is 8.78 Å². The third-order valence-electron chi connectivity index (χ3n) is 1.51. The van der Waals surface area contributed by atoms with E-state index in [1.165, 1.54) is 19.2 Å². The van der Waals surface area contributed by atoms with Crippen LogP contribution >= 0.6 is 15.9 Å². The van der Waals surface area contributed by atoms with E-state index in [4.69, 9.17) is 4.74 Å². The molecule has 0 atom stereocenters. The maximum atomic E-state index is 12.9.